The molecule has 1 aromatic rings. The van der Waals surface area contributed by atoms with E-state index in [1.807, 2.05) is 24.9 Å². The summed E-state index contributed by atoms with van der Waals surface area (Å²) in [6, 6.07) is 4.34. The predicted molar refractivity (Wildman–Crippen MR) is 69.0 cm³/mol. The van der Waals surface area contributed by atoms with Crippen LogP contribution >= 0.6 is 35.0 Å². The highest BCUT2D eigenvalue weighted by Crippen LogP contribution is 2.42. The van der Waals surface area contributed by atoms with Crippen LogP contribution < -0.4 is 5.32 Å². The van der Waals surface area contributed by atoms with Crippen LogP contribution in [-0.2, 0) is 5.75 Å². The van der Waals surface area contributed by atoms with Gasteiger partial charge in [-0.2, -0.15) is 11.8 Å². The van der Waals surface area contributed by atoms with E-state index in [1.54, 1.807) is 0 Å². The van der Waals surface area contributed by atoms with Crippen LogP contribution in [0, 0.1) is 0 Å². The third-order valence-electron chi connectivity index (χ3n) is 2.84. The Morgan fingerprint density at radius 3 is 2.80 bits per heavy atom. The highest BCUT2D eigenvalue weighted by molar-refractivity contribution is 7.99. The van der Waals surface area contributed by atoms with Crippen molar-refractivity contribution in [2.45, 2.75) is 24.0 Å². The lowest BCUT2D eigenvalue weighted by Gasteiger charge is -2.31. The van der Waals surface area contributed by atoms with Gasteiger partial charge < -0.3 is 5.32 Å². The van der Waals surface area contributed by atoms with E-state index in [1.165, 1.54) is 11.1 Å². The summed E-state index contributed by atoms with van der Waals surface area (Å²) in [4.78, 5) is 0. The highest BCUT2D eigenvalue weighted by Gasteiger charge is 2.27. The summed E-state index contributed by atoms with van der Waals surface area (Å²) in [6.07, 6.45) is 0. The van der Waals surface area contributed by atoms with Crippen molar-refractivity contribution in [1.29, 1.82) is 0 Å². The molecular weight excluding hydrogens is 249 g/mol. The van der Waals surface area contributed by atoms with Gasteiger partial charge in [0.05, 0.1) is 10.0 Å². The van der Waals surface area contributed by atoms with Crippen molar-refractivity contribution in [1.82, 2.24) is 5.32 Å². The van der Waals surface area contributed by atoms with Crippen LogP contribution in [0.15, 0.2) is 12.1 Å². The summed E-state index contributed by atoms with van der Waals surface area (Å²) in [5.74, 6) is 0.952. The first-order chi connectivity index (χ1) is 7.15. The minimum absolute atomic E-state index is 0.369. The summed E-state index contributed by atoms with van der Waals surface area (Å²) >= 11 is 14.1. The monoisotopic (exact) mass is 261 g/mol. The second-order valence-electron chi connectivity index (χ2n) is 3.71. The molecule has 0 radical (unpaired) electrons. The zero-order valence-electron chi connectivity index (χ0n) is 8.68. The number of halogens is 2. The molecule has 1 aliphatic rings. The molecule has 1 heterocycles. The van der Waals surface area contributed by atoms with Gasteiger partial charge in [-0.3, -0.25) is 0 Å². The Hall–Kier alpha value is 0.110. The van der Waals surface area contributed by atoms with Crippen molar-refractivity contribution in [2.75, 3.05) is 7.05 Å². The topological polar surface area (TPSA) is 12.0 Å². The van der Waals surface area contributed by atoms with Crippen LogP contribution in [0.25, 0.3) is 0 Å². The lowest BCUT2D eigenvalue weighted by molar-refractivity contribution is 0.579. The molecule has 2 rings (SSSR count). The molecule has 0 spiro atoms. The van der Waals surface area contributed by atoms with Gasteiger partial charge in [0.1, 0.15) is 0 Å². The molecule has 1 N–H and O–H groups in total. The lowest BCUT2D eigenvalue weighted by atomic mass is 9.98. The van der Waals surface area contributed by atoms with Crippen LogP contribution in [0.4, 0.5) is 0 Å². The second kappa shape index (κ2) is 4.54. The minimum Gasteiger partial charge on any atom is -0.312 e. The van der Waals surface area contributed by atoms with Gasteiger partial charge in [0.25, 0.3) is 0 Å². The largest absolute Gasteiger partial charge is 0.312 e. The molecule has 2 unspecified atom stereocenters. The normalized spacial score (nSPS) is 25.1. The maximum atomic E-state index is 6.21. The third-order valence-corrected chi connectivity index (χ3v) is 4.94. The average Bonchev–Trinajstić information content (AvgIpc) is 2.23. The van der Waals surface area contributed by atoms with Gasteiger partial charge in [0, 0.05) is 17.0 Å². The minimum atomic E-state index is 0.369. The summed E-state index contributed by atoms with van der Waals surface area (Å²) < 4.78 is 0. The van der Waals surface area contributed by atoms with E-state index in [0.717, 1.165) is 5.75 Å². The highest BCUT2D eigenvalue weighted by atomic mass is 35.5. The molecule has 15 heavy (non-hydrogen) atoms. The lowest BCUT2D eigenvalue weighted by Crippen LogP contribution is -2.29. The molecule has 0 aliphatic carbocycles. The molecule has 2 atom stereocenters. The SMILES string of the molecule is CNC1c2ccc(Cl)c(Cl)c2CSC1C. The summed E-state index contributed by atoms with van der Waals surface area (Å²) in [5.41, 5.74) is 2.48. The van der Waals surface area contributed by atoms with Gasteiger partial charge >= 0.3 is 0 Å². The number of hydrogen-bond acceptors (Lipinski definition) is 2. The summed E-state index contributed by atoms with van der Waals surface area (Å²) in [7, 11) is 1.99. The predicted octanol–water partition coefficient (Wildman–Crippen LogP) is 3.89. The van der Waals surface area contributed by atoms with Gasteiger partial charge in [-0.15, -0.1) is 0 Å². The smallest absolute Gasteiger partial charge is 0.0636 e. The van der Waals surface area contributed by atoms with Crippen molar-refractivity contribution in [3.8, 4) is 0 Å². The van der Waals surface area contributed by atoms with E-state index >= 15 is 0 Å². The Balaban J connectivity index is 2.51. The molecule has 0 amide bonds. The number of hydrogen-bond donors (Lipinski definition) is 1. The molecule has 0 aromatic heterocycles. The number of benzene rings is 1. The van der Waals surface area contributed by atoms with Crippen molar-refractivity contribution < 1.29 is 0 Å². The molecular formula is C11H13Cl2NS. The molecule has 1 aliphatic heterocycles. The molecule has 0 saturated heterocycles. The maximum absolute atomic E-state index is 6.21. The Bertz CT molecular complexity index is 381. The van der Waals surface area contributed by atoms with Crippen LogP contribution in [0.5, 0.6) is 0 Å². The quantitative estimate of drug-likeness (QED) is 0.824. The maximum Gasteiger partial charge on any atom is 0.0636 e. The van der Waals surface area contributed by atoms with E-state index in [0.29, 0.717) is 21.3 Å². The molecule has 4 heteroatoms. The van der Waals surface area contributed by atoms with Crippen molar-refractivity contribution in [3.05, 3.63) is 33.3 Å². The molecule has 1 nitrogen and oxygen atoms in total. The Labute approximate surface area is 105 Å². The van der Waals surface area contributed by atoms with Crippen molar-refractivity contribution in [3.63, 3.8) is 0 Å². The molecule has 0 saturated carbocycles. The van der Waals surface area contributed by atoms with Crippen LogP contribution in [0.2, 0.25) is 10.0 Å². The number of nitrogens with one attached hydrogen (secondary N) is 1. The number of rotatable bonds is 1. The molecule has 82 valence electrons. The fraction of sp³-hybridized carbons (Fsp3) is 0.455. The average molecular weight is 262 g/mol. The van der Waals surface area contributed by atoms with E-state index in [4.69, 9.17) is 23.2 Å². The third kappa shape index (κ3) is 2.01. The van der Waals surface area contributed by atoms with Crippen LogP contribution in [-0.4, -0.2) is 12.3 Å². The van der Waals surface area contributed by atoms with Gasteiger partial charge in [0.2, 0.25) is 0 Å². The first-order valence-electron chi connectivity index (χ1n) is 4.90. The van der Waals surface area contributed by atoms with E-state index < -0.39 is 0 Å². The second-order valence-corrected chi connectivity index (χ2v) is 5.86. The van der Waals surface area contributed by atoms with E-state index in [-0.39, 0.29) is 0 Å². The molecule has 0 bridgehead atoms. The van der Waals surface area contributed by atoms with Gasteiger partial charge in [-0.05, 0) is 24.2 Å². The molecule has 0 fully saturated rings. The Morgan fingerprint density at radius 2 is 2.13 bits per heavy atom. The molecule has 1 aromatic carbocycles. The fourth-order valence-electron chi connectivity index (χ4n) is 2.00. The fourth-order valence-corrected chi connectivity index (χ4v) is 3.71. The van der Waals surface area contributed by atoms with E-state index in [9.17, 15) is 0 Å². The number of fused-ring (bicyclic) bond motifs is 1. The number of thioether (sulfide) groups is 1. The zero-order valence-corrected chi connectivity index (χ0v) is 11.0. The van der Waals surface area contributed by atoms with Gasteiger partial charge in [-0.25, -0.2) is 0 Å². The van der Waals surface area contributed by atoms with E-state index in [2.05, 4.69) is 18.3 Å². The van der Waals surface area contributed by atoms with Crippen LogP contribution in [0.1, 0.15) is 24.1 Å². The van der Waals surface area contributed by atoms with Crippen molar-refractivity contribution in [2.24, 2.45) is 0 Å². The summed E-state index contributed by atoms with van der Waals surface area (Å²) in [6.45, 7) is 2.23. The first-order valence-corrected chi connectivity index (χ1v) is 6.71. The van der Waals surface area contributed by atoms with Crippen molar-refractivity contribution >= 4 is 35.0 Å². The standard InChI is InChI=1S/C11H13Cl2NS/c1-6-11(14-2)7-3-4-9(12)10(13)8(7)5-15-6/h3-4,6,11,14H,5H2,1-2H3. The summed E-state index contributed by atoms with van der Waals surface area (Å²) in [5, 5.41) is 5.27. The zero-order chi connectivity index (χ0) is 11.0. The van der Waals surface area contributed by atoms with Gasteiger partial charge in [-0.1, -0.05) is 36.2 Å². The van der Waals surface area contributed by atoms with Crippen LogP contribution in [0.3, 0.4) is 0 Å². The first kappa shape index (κ1) is 11.6. The Morgan fingerprint density at radius 1 is 1.40 bits per heavy atom. The Kier molecular flexibility index (Phi) is 3.51. The van der Waals surface area contributed by atoms with Gasteiger partial charge in [0.15, 0.2) is 0 Å².